The zero-order valence-electron chi connectivity index (χ0n) is 21.0. The second-order valence-corrected chi connectivity index (χ2v) is 10.6. The highest BCUT2D eigenvalue weighted by Gasteiger charge is 2.42. The van der Waals surface area contributed by atoms with Crippen LogP contribution >= 0.6 is 0 Å². The van der Waals surface area contributed by atoms with Crippen LogP contribution in [0.1, 0.15) is 89.9 Å². The van der Waals surface area contributed by atoms with Gasteiger partial charge in [0.2, 0.25) is 0 Å². The fraction of sp³-hybridized carbons (Fsp3) is 0.500. The molecule has 0 radical (unpaired) electrons. The van der Waals surface area contributed by atoms with Gasteiger partial charge in [-0.05, 0) is 82.2 Å². The summed E-state index contributed by atoms with van der Waals surface area (Å²) in [4.78, 5) is 44.3. The number of piperidine rings is 1. The van der Waals surface area contributed by atoms with E-state index in [2.05, 4.69) is 27.4 Å². The van der Waals surface area contributed by atoms with E-state index in [-0.39, 0.29) is 29.7 Å². The predicted octanol–water partition coefficient (Wildman–Crippen LogP) is 3.91. The first-order chi connectivity index (χ1) is 17.3. The minimum absolute atomic E-state index is 0.0729. The first-order valence-corrected chi connectivity index (χ1v) is 13.1. The van der Waals surface area contributed by atoms with Crippen molar-refractivity contribution in [1.82, 2.24) is 10.3 Å². The lowest BCUT2D eigenvalue weighted by Crippen LogP contribution is -2.50. The maximum Gasteiger partial charge on any atom is 0.251 e. The number of Topliss-reactive ketones (excluding diaryl/α,β-unsaturated/α-hetero) is 1. The summed E-state index contributed by atoms with van der Waals surface area (Å²) in [5.74, 6) is 0.668. The Balaban J connectivity index is 1.24. The Bertz CT molecular complexity index is 1150. The van der Waals surface area contributed by atoms with Crippen molar-refractivity contribution in [2.75, 3.05) is 10.2 Å². The number of hydrogen-bond acceptors (Lipinski definition) is 6. The monoisotopic (exact) mass is 489 g/mol. The number of primary amides is 1. The van der Waals surface area contributed by atoms with Crippen LogP contribution in [0.25, 0.3) is 0 Å². The molecular formula is C28H35N5O3. The first-order valence-electron chi connectivity index (χ1n) is 13.1. The number of nitrogens with two attached hydrogens (primary N) is 1. The first kappa shape index (κ1) is 24.3. The van der Waals surface area contributed by atoms with E-state index in [1.165, 1.54) is 0 Å². The fourth-order valence-electron chi connectivity index (χ4n) is 5.59. The van der Waals surface area contributed by atoms with Crippen molar-refractivity contribution in [1.29, 1.82) is 0 Å². The molecule has 5 rings (SSSR count). The SMILES string of the molecule is CCC(C)Nc1cc(C(=O)NC2C[C@H]3CC[C@@H](C2)N3c2ccc(C(=O)C3CC3)cn2)ccc1C(N)=O. The van der Waals surface area contributed by atoms with E-state index in [4.69, 9.17) is 5.73 Å². The summed E-state index contributed by atoms with van der Waals surface area (Å²) >= 11 is 0. The second-order valence-electron chi connectivity index (χ2n) is 10.6. The number of nitrogens with zero attached hydrogens (tertiary/aromatic N) is 2. The van der Waals surface area contributed by atoms with Crippen molar-refractivity contribution in [3.8, 4) is 0 Å². The van der Waals surface area contributed by atoms with Crippen molar-refractivity contribution in [3.05, 3.63) is 53.2 Å². The number of amides is 2. The minimum Gasteiger partial charge on any atom is -0.382 e. The molecule has 1 aromatic carbocycles. The molecule has 36 heavy (non-hydrogen) atoms. The van der Waals surface area contributed by atoms with Crippen molar-refractivity contribution >= 4 is 29.1 Å². The maximum absolute atomic E-state index is 13.1. The highest BCUT2D eigenvalue weighted by atomic mass is 16.2. The molecule has 3 heterocycles. The van der Waals surface area contributed by atoms with Crippen LogP contribution in [0, 0.1) is 5.92 Å². The van der Waals surface area contributed by atoms with Gasteiger partial charge in [-0.3, -0.25) is 14.4 Å². The van der Waals surface area contributed by atoms with Gasteiger partial charge < -0.3 is 21.3 Å². The van der Waals surface area contributed by atoms with E-state index in [0.29, 0.717) is 34.5 Å². The molecule has 3 aliphatic rings. The van der Waals surface area contributed by atoms with Crippen molar-refractivity contribution in [2.24, 2.45) is 11.7 Å². The predicted molar refractivity (Wildman–Crippen MR) is 139 cm³/mol. The van der Waals surface area contributed by atoms with Gasteiger partial charge in [0.15, 0.2) is 5.78 Å². The average molecular weight is 490 g/mol. The van der Waals surface area contributed by atoms with Crippen LogP contribution in [0.2, 0.25) is 0 Å². The molecule has 0 spiro atoms. The van der Waals surface area contributed by atoms with Crippen LogP contribution < -0.4 is 21.3 Å². The highest BCUT2D eigenvalue weighted by Crippen LogP contribution is 2.39. The van der Waals surface area contributed by atoms with E-state index in [1.807, 2.05) is 19.1 Å². The third kappa shape index (κ3) is 4.94. The zero-order valence-corrected chi connectivity index (χ0v) is 21.0. The lowest BCUT2D eigenvalue weighted by molar-refractivity contribution is 0.0924. The van der Waals surface area contributed by atoms with Gasteiger partial charge in [0.1, 0.15) is 5.82 Å². The summed E-state index contributed by atoms with van der Waals surface area (Å²) in [7, 11) is 0. The summed E-state index contributed by atoms with van der Waals surface area (Å²) in [6, 6.07) is 9.74. The van der Waals surface area contributed by atoms with Crippen LogP contribution in [0.15, 0.2) is 36.5 Å². The Kier molecular flexibility index (Phi) is 6.69. The molecule has 1 saturated carbocycles. The Morgan fingerprint density at radius 3 is 2.33 bits per heavy atom. The quantitative estimate of drug-likeness (QED) is 0.460. The van der Waals surface area contributed by atoms with E-state index in [0.717, 1.165) is 50.8 Å². The largest absolute Gasteiger partial charge is 0.382 e. The molecule has 2 amide bonds. The molecule has 1 aliphatic carbocycles. The van der Waals surface area contributed by atoms with Gasteiger partial charge in [-0.2, -0.15) is 0 Å². The Morgan fingerprint density at radius 1 is 1.06 bits per heavy atom. The van der Waals surface area contributed by atoms with Crippen molar-refractivity contribution < 1.29 is 14.4 Å². The normalized spacial score (nSPS) is 23.7. The summed E-state index contributed by atoms with van der Waals surface area (Å²) < 4.78 is 0. The lowest BCUT2D eigenvalue weighted by Gasteiger charge is -2.40. The number of carbonyl (C=O) groups excluding carboxylic acids is 3. The number of fused-ring (bicyclic) bond motifs is 2. The van der Waals surface area contributed by atoms with Gasteiger partial charge in [0.05, 0.1) is 5.56 Å². The van der Waals surface area contributed by atoms with Crippen LogP contribution in [0.3, 0.4) is 0 Å². The van der Waals surface area contributed by atoms with Gasteiger partial charge in [-0.25, -0.2) is 4.98 Å². The molecule has 8 heteroatoms. The lowest BCUT2D eigenvalue weighted by atomic mass is 9.96. The Hall–Kier alpha value is -3.42. The van der Waals surface area contributed by atoms with E-state index in [1.54, 1.807) is 24.4 Å². The number of nitrogens with one attached hydrogen (secondary N) is 2. The number of pyridine rings is 1. The third-order valence-electron chi connectivity index (χ3n) is 7.87. The van der Waals surface area contributed by atoms with E-state index >= 15 is 0 Å². The van der Waals surface area contributed by atoms with Gasteiger partial charge in [0, 0.05) is 53.1 Å². The van der Waals surface area contributed by atoms with Gasteiger partial charge in [0.25, 0.3) is 11.8 Å². The van der Waals surface area contributed by atoms with Crippen molar-refractivity contribution in [2.45, 2.75) is 83.0 Å². The molecular weight excluding hydrogens is 454 g/mol. The number of benzene rings is 1. The molecule has 4 atom stereocenters. The molecule has 2 saturated heterocycles. The van der Waals surface area contributed by atoms with Crippen LogP contribution in [-0.4, -0.2) is 46.7 Å². The molecule has 3 fully saturated rings. The average Bonchev–Trinajstić information content (AvgIpc) is 3.68. The molecule has 2 unspecified atom stereocenters. The molecule has 4 N–H and O–H groups in total. The molecule has 2 bridgehead atoms. The van der Waals surface area contributed by atoms with Crippen LogP contribution in [-0.2, 0) is 0 Å². The second kappa shape index (κ2) is 9.91. The maximum atomic E-state index is 13.1. The van der Waals surface area contributed by atoms with Gasteiger partial charge >= 0.3 is 0 Å². The number of ketones is 1. The van der Waals surface area contributed by atoms with E-state index in [9.17, 15) is 14.4 Å². The van der Waals surface area contributed by atoms with Gasteiger partial charge in [-0.1, -0.05) is 6.92 Å². The third-order valence-corrected chi connectivity index (χ3v) is 7.87. The van der Waals surface area contributed by atoms with Crippen LogP contribution in [0.4, 0.5) is 11.5 Å². The standard InChI is InChI=1S/C28H35N5O3/c1-3-16(2)31-24-12-18(6-10-23(24)27(29)35)28(36)32-20-13-21-8-9-22(14-20)33(21)25-11-7-19(15-30-25)26(34)17-4-5-17/h6-7,10-12,15-17,20-22,31H,3-5,8-9,13-14H2,1-2H3,(H2,29,35)(H,32,36)/t16?,20?,21-,22+. The summed E-state index contributed by atoms with van der Waals surface area (Å²) in [5.41, 5.74) is 7.74. The summed E-state index contributed by atoms with van der Waals surface area (Å²) in [6.45, 7) is 4.07. The van der Waals surface area contributed by atoms with E-state index < -0.39 is 5.91 Å². The Labute approximate surface area is 212 Å². The molecule has 2 aromatic rings. The van der Waals surface area contributed by atoms with Gasteiger partial charge in [-0.15, -0.1) is 0 Å². The molecule has 8 nitrogen and oxygen atoms in total. The summed E-state index contributed by atoms with van der Waals surface area (Å²) in [6.07, 6.45) is 8.43. The molecule has 190 valence electrons. The number of anilines is 2. The molecule has 1 aromatic heterocycles. The van der Waals surface area contributed by atoms with Crippen molar-refractivity contribution in [3.63, 3.8) is 0 Å². The molecule has 2 aliphatic heterocycles. The number of hydrogen-bond donors (Lipinski definition) is 3. The number of aromatic nitrogens is 1. The highest BCUT2D eigenvalue weighted by molar-refractivity contribution is 6.02. The number of carbonyl (C=O) groups is 3. The minimum atomic E-state index is -0.518. The zero-order chi connectivity index (χ0) is 25.4. The topological polar surface area (TPSA) is 117 Å². The summed E-state index contributed by atoms with van der Waals surface area (Å²) in [5, 5.41) is 6.51. The smallest absolute Gasteiger partial charge is 0.251 e. The fourth-order valence-corrected chi connectivity index (χ4v) is 5.59. The Morgan fingerprint density at radius 2 is 1.75 bits per heavy atom. The van der Waals surface area contributed by atoms with Crippen LogP contribution in [0.5, 0.6) is 0 Å². The number of rotatable bonds is 9.